The molecular weight excluding hydrogens is 299 g/mol. The summed E-state index contributed by atoms with van der Waals surface area (Å²) in [5, 5.41) is 9.33. The minimum Gasteiger partial charge on any atom is -0.324 e. The Morgan fingerprint density at radius 2 is 2.20 bits per heavy atom. The molecule has 1 heterocycles. The lowest BCUT2D eigenvalue weighted by atomic mass is 10.2. The molecule has 7 heteroatoms. The van der Waals surface area contributed by atoms with Gasteiger partial charge < -0.3 is 10.3 Å². The summed E-state index contributed by atoms with van der Waals surface area (Å²) in [7, 11) is 0. The quantitative estimate of drug-likeness (QED) is 0.862. The molecule has 0 saturated heterocycles. The van der Waals surface area contributed by atoms with E-state index < -0.39 is 5.82 Å². The van der Waals surface area contributed by atoms with Crippen LogP contribution in [0.25, 0.3) is 0 Å². The third-order valence-electron chi connectivity index (χ3n) is 3.18. The van der Waals surface area contributed by atoms with Crippen molar-refractivity contribution >= 4 is 23.4 Å². The lowest BCUT2D eigenvalue weighted by molar-refractivity contribution is 0.626. The molecule has 0 bridgehead atoms. The number of benzene rings is 1. The van der Waals surface area contributed by atoms with E-state index in [1.807, 2.05) is 0 Å². The van der Waals surface area contributed by atoms with Crippen LogP contribution < -0.4 is 5.73 Å². The Balaban J connectivity index is 1.75. The summed E-state index contributed by atoms with van der Waals surface area (Å²) in [5.74, 6) is 1.11. The smallest absolute Gasteiger partial charge is 0.191 e. The highest BCUT2D eigenvalue weighted by atomic mass is 35.5. The molecule has 0 radical (unpaired) electrons. The summed E-state index contributed by atoms with van der Waals surface area (Å²) < 4.78 is 15.2. The van der Waals surface area contributed by atoms with Gasteiger partial charge in [0, 0.05) is 11.8 Å². The van der Waals surface area contributed by atoms with E-state index in [4.69, 9.17) is 17.3 Å². The molecule has 3 rings (SSSR count). The maximum absolute atomic E-state index is 13.1. The van der Waals surface area contributed by atoms with Crippen molar-refractivity contribution in [3.63, 3.8) is 0 Å². The average molecular weight is 313 g/mol. The largest absolute Gasteiger partial charge is 0.324 e. The minimum atomic E-state index is -0.396. The first kappa shape index (κ1) is 13.9. The van der Waals surface area contributed by atoms with Gasteiger partial charge in [-0.25, -0.2) is 4.39 Å². The zero-order valence-electron chi connectivity index (χ0n) is 10.7. The van der Waals surface area contributed by atoms with E-state index in [1.54, 1.807) is 23.9 Å². The molecule has 0 amide bonds. The molecule has 0 spiro atoms. The number of hydrogen-bond acceptors (Lipinski definition) is 4. The predicted molar refractivity (Wildman–Crippen MR) is 77.2 cm³/mol. The minimum absolute atomic E-state index is 0.148. The normalized spacial score (nSPS) is 14.8. The fourth-order valence-electron chi connectivity index (χ4n) is 2.02. The molecule has 0 aliphatic heterocycles. The lowest BCUT2D eigenvalue weighted by Crippen LogP contribution is -2.08. The van der Waals surface area contributed by atoms with Gasteiger partial charge >= 0.3 is 0 Å². The molecule has 1 aliphatic rings. The molecule has 2 N–H and O–H groups in total. The number of nitrogens with two attached hydrogens (primary N) is 1. The maximum atomic E-state index is 13.1. The Labute approximate surface area is 125 Å². The van der Waals surface area contributed by atoms with E-state index in [1.165, 1.54) is 6.07 Å². The van der Waals surface area contributed by atoms with E-state index in [0.29, 0.717) is 18.3 Å². The molecular formula is C13H14ClFN4S. The van der Waals surface area contributed by atoms with Gasteiger partial charge in [-0.1, -0.05) is 29.4 Å². The lowest BCUT2D eigenvalue weighted by Gasteiger charge is -2.07. The van der Waals surface area contributed by atoms with Gasteiger partial charge in [0.25, 0.3) is 0 Å². The van der Waals surface area contributed by atoms with Crippen LogP contribution in [0.3, 0.4) is 0 Å². The fraction of sp³-hybridized carbons (Fsp3) is 0.385. The van der Waals surface area contributed by atoms with Crippen LogP contribution in [0.4, 0.5) is 4.39 Å². The van der Waals surface area contributed by atoms with Crippen LogP contribution in [-0.4, -0.2) is 14.8 Å². The number of hydrogen-bond donors (Lipinski definition) is 1. The summed E-state index contributed by atoms with van der Waals surface area (Å²) in [6, 6.07) is 5.25. The van der Waals surface area contributed by atoms with Crippen molar-refractivity contribution in [3.05, 3.63) is 40.4 Å². The standard InChI is InChI=1S/C13H14ClFN4S/c14-10-5-8(1-4-11(10)15)7-20-13-18-17-12(6-16)19(13)9-2-3-9/h1,4-5,9H,2-3,6-7,16H2. The zero-order chi connectivity index (χ0) is 14.1. The molecule has 1 aliphatic carbocycles. The Kier molecular flexibility index (Phi) is 3.96. The number of thioether (sulfide) groups is 1. The van der Waals surface area contributed by atoms with Gasteiger partial charge in [0.05, 0.1) is 11.6 Å². The van der Waals surface area contributed by atoms with Crippen molar-refractivity contribution in [2.45, 2.75) is 36.3 Å². The molecule has 4 nitrogen and oxygen atoms in total. The van der Waals surface area contributed by atoms with Gasteiger partial charge in [-0.05, 0) is 30.5 Å². The highest BCUT2D eigenvalue weighted by Crippen LogP contribution is 2.39. The van der Waals surface area contributed by atoms with Crippen LogP contribution in [0.5, 0.6) is 0 Å². The SMILES string of the molecule is NCc1nnc(SCc2ccc(F)c(Cl)c2)n1C1CC1. The van der Waals surface area contributed by atoms with Gasteiger partial charge in [0.2, 0.25) is 0 Å². The summed E-state index contributed by atoms with van der Waals surface area (Å²) in [6.07, 6.45) is 2.31. The maximum Gasteiger partial charge on any atom is 0.191 e. The molecule has 20 heavy (non-hydrogen) atoms. The van der Waals surface area contributed by atoms with E-state index in [9.17, 15) is 4.39 Å². The number of nitrogens with zero attached hydrogens (tertiary/aromatic N) is 3. The molecule has 106 valence electrons. The first-order valence-electron chi connectivity index (χ1n) is 6.39. The van der Waals surface area contributed by atoms with Crippen molar-refractivity contribution in [1.29, 1.82) is 0 Å². The third kappa shape index (κ3) is 2.82. The van der Waals surface area contributed by atoms with Crippen LogP contribution >= 0.6 is 23.4 Å². The van der Waals surface area contributed by atoms with Gasteiger partial charge in [-0.3, -0.25) is 0 Å². The van der Waals surface area contributed by atoms with Gasteiger partial charge in [0.1, 0.15) is 11.6 Å². The predicted octanol–water partition coefficient (Wildman–Crippen LogP) is 3.16. The molecule has 1 aromatic heterocycles. The van der Waals surface area contributed by atoms with Gasteiger partial charge in [0.15, 0.2) is 5.16 Å². The molecule has 0 atom stereocenters. The highest BCUT2D eigenvalue weighted by Gasteiger charge is 2.29. The Morgan fingerprint density at radius 1 is 1.40 bits per heavy atom. The number of halogens is 2. The number of rotatable bonds is 5. The van der Waals surface area contributed by atoms with Gasteiger partial charge in [-0.2, -0.15) is 0 Å². The van der Waals surface area contributed by atoms with E-state index >= 15 is 0 Å². The zero-order valence-corrected chi connectivity index (χ0v) is 12.3. The Morgan fingerprint density at radius 3 is 2.85 bits per heavy atom. The van der Waals surface area contributed by atoms with Crippen LogP contribution in [0, 0.1) is 5.82 Å². The van der Waals surface area contributed by atoms with Crippen LogP contribution in [0.15, 0.2) is 23.4 Å². The molecule has 0 unspecified atom stereocenters. The third-order valence-corrected chi connectivity index (χ3v) is 4.49. The molecule has 1 aromatic carbocycles. The van der Waals surface area contributed by atoms with Crippen LogP contribution in [-0.2, 0) is 12.3 Å². The topological polar surface area (TPSA) is 56.7 Å². The first-order chi connectivity index (χ1) is 9.69. The Hall–Kier alpha value is -1.11. The highest BCUT2D eigenvalue weighted by molar-refractivity contribution is 7.98. The van der Waals surface area contributed by atoms with Crippen molar-refractivity contribution in [2.24, 2.45) is 5.73 Å². The van der Waals surface area contributed by atoms with Gasteiger partial charge in [-0.15, -0.1) is 10.2 Å². The first-order valence-corrected chi connectivity index (χ1v) is 7.76. The number of aromatic nitrogens is 3. The molecule has 1 saturated carbocycles. The van der Waals surface area contributed by atoms with Crippen LogP contribution in [0.2, 0.25) is 5.02 Å². The van der Waals surface area contributed by atoms with E-state index in [2.05, 4.69) is 14.8 Å². The second-order valence-electron chi connectivity index (χ2n) is 4.74. The summed E-state index contributed by atoms with van der Waals surface area (Å²) in [5.41, 5.74) is 6.64. The Bertz CT molecular complexity index is 627. The monoisotopic (exact) mass is 312 g/mol. The van der Waals surface area contributed by atoms with Crippen molar-refractivity contribution in [3.8, 4) is 0 Å². The van der Waals surface area contributed by atoms with E-state index in [0.717, 1.165) is 29.4 Å². The van der Waals surface area contributed by atoms with Crippen molar-refractivity contribution in [1.82, 2.24) is 14.8 Å². The molecule has 1 fully saturated rings. The fourth-order valence-corrected chi connectivity index (χ4v) is 3.19. The summed E-state index contributed by atoms with van der Waals surface area (Å²) in [4.78, 5) is 0. The van der Waals surface area contributed by atoms with Crippen molar-refractivity contribution in [2.75, 3.05) is 0 Å². The molecule has 2 aromatic rings. The van der Waals surface area contributed by atoms with E-state index in [-0.39, 0.29) is 5.02 Å². The summed E-state index contributed by atoms with van der Waals surface area (Å²) in [6.45, 7) is 0.395. The second-order valence-corrected chi connectivity index (χ2v) is 6.09. The van der Waals surface area contributed by atoms with Crippen LogP contribution in [0.1, 0.15) is 30.3 Å². The average Bonchev–Trinajstić information content (AvgIpc) is 3.20. The second kappa shape index (κ2) is 5.71. The van der Waals surface area contributed by atoms with Crippen molar-refractivity contribution < 1.29 is 4.39 Å². The summed E-state index contributed by atoms with van der Waals surface area (Å²) >= 11 is 7.35.